The van der Waals surface area contributed by atoms with Crippen molar-refractivity contribution in [1.29, 1.82) is 0 Å². The molecule has 0 aliphatic rings. The molecule has 0 saturated carbocycles. The summed E-state index contributed by atoms with van der Waals surface area (Å²) in [6, 6.07) is -0.238. The topological polar surface area (TPSA) is 35.5 Å². The summed E-state index contributed by atoms with van der Waals surface area (Å²) in [6.07, 6.45) is -4.99. The van der Waals surface area contributed by atoms with E-state index in [2.05, 4.69) is 5.32 Å². The number of halogens is 3. The molecule has 98 valence electrons. The Labute approximate surface area is 94.6 Å². The summed E-state index contributed by atoms with van der Waals surface area (Å²) < 4.78 is 36.7. The van der Waals surface area contributed by atoms with Gasteiger partial charge in [0, 0.05) is 19.1 Å². The molecular formula is C10H21F3N2O. The molecule has 0 radical (unpaired) electrons. The van der Waals surface area contributed by atoms with Crippen molar-refractivity contribution in [3.63, 3.8) is 0 Å². The van der Waals surface area contributed by atoms with Crippen molar-refractivity contribution in [1.82, 2.24) is 10.2 Å². The molecule has 0 aromatic rings. The van der Waals surface area contributed by atoms with E-state index in [1.807, 2.05) is 6.92 Å². The van der Waals surface area contributed by atoms with Crippen LogP contribution < -0.4 is 5.32 Å². The second-order valence-corrected chi connectivity index (χ2v) is 4.10. The number of hydrogen-bond acceptors (Lipinski definition) is 3. The van der Waals surface area contributed by atoms with Gasteiger partial charge in [0.2, 0.25) is 0 Å². The molecule has 0 saturated heterocycles. The Morgan fingerprint density at radius 2 is 1.88 bits per heavy atom. The minimum atomic E-state index is -4.22. The quantitative estimate of drug-likeness (QED) is 0.705. The van der Waals surface area contributed by atoms with Crippen LogP contribution in [0.15, 0.2) is 0 Å². The van der Waals surface area contributed by atoms with Gasteiger partial charge in [-0.1, -0.05) is 6.92 Å². The van der Waals surface area contributed by atoms with Gasteiger partial charge in [0.05, 0.1) is 12.6 Å². The monoisotopic (exact) mass is 242 g/mol. The molecule has 3 nitrogen and oxygen atoms in total. The van der Waals surface area contributed by atoms with E-state index in [4.69, 9.17) is 0 Å². The summed E-state index contributed by atoms with van der Waals surface area (Å²) in [5, 5.41) is 12.4. The van der Waals surface area contributed by atoms with Crippen molar-refractivity contribution in [3.05, 3.63) is 0 Å². The Bertz CT molecular complexity index is 185. The zero-order valence-electron chi connectivity index (χ0n) is 10.0. The first-order valence-corrected chi connectivity index (χ1v) is 5.45. The van der Waals surface area contributed by atoms with Crippen molar-refractivity contribution in [2.24, 2.45) is 0 Å². The van der Waals surface area contributed by atoms with Crippen LogP contribution in [0.25, 0.3) is 0 Å². The fourth-order valence-corrected chi connectivity index (χ4v) is 1.33. The lowest BCUT2D eigenvalue weighted by molar-refractivity contribution is -0.152. The molecule has 0 aliphatic heterocycles. The lowest BCUT2D eigenvalue weighted by Crippen LogP contribution is -2.45. The molecular weight excluding hydrogens is 221 g/mol. The summed E-state index contributed by atoms with van der Waals surface area (Å²) in [7, 11) is 0. The molecule has 16 heavy (non-hydrogen) atoms. The molecule has 0 aromatic carbocycles. The largest absolute Gasteiger partial charge is 0.401 e. The maximum Gasteiger partial charge on any atom is 0.401 e. The van der Waals surface area contributed by atoms with Crippen LogP contribution in [-0.2, 0) is 0 Å². The second-order valence-electron chi connectivity index (χ2n) is 4.10. The standard InChI is InChI=1S/C10H21F3N2O/c1-4-14-5-9(16)6-15(8(2)3)7-10(11,12)13/h8-9,14,16H,4-7H2,1-3H3. The number of aliphatic hydroxyl groups excluding tert-OH is 1. The smallest absolute Gasteiger partial charge is 0.390 e. The lowest BCUT2D eigenvalue weighted by Gasteiger charge is -2.29. The highest BCUT2D eigenvalue weighted by Crippen LogP contribution is 2.18. The first-order valence-electron chi connectivity index (χ1n) is 5.45. The minimum Gasteiger partial charge on any atom is -0.390 e. The third-order valence-corrected chi connectivity index (χ3v) is 2.19. The zero-order chi connectivity index (χ0) is 12.8. The first kappa shape index (κ1) is 15.7. The molecule has 0 spiro atoms. The number of nitrogens with zero attached hydrogens (tertiary/aromatic N) is 1. The van der Waals surface area contributed by atoms with Gasteiger partial charge in [-0.25, -0.2) is 0 Å². The first-order chi connectivity index (χ1) is 7.26. The summed E-state index contributed by atoms with van der Waals surface area (Å²) in [6.45, 7) is 5.31. The predicted molar refractivity (Wildman–Crippen MR) is 57.3 cm³/mol. The third kappa shape index (κ3) is 7.90. The normalized spacial score (nSPS) is 14.8. The van der Waals surface area contributed by atoms with Crippen LogP contribution in [0.2, 0.25) is 0 Å². The van der Waals surface area contributed by atoms with Gasteiger partial charge in [-0.15, -0.1) is 0 Å². The van der Waals surface area contributed by atoms with E-state index in [9.17, 15) is 18.3 Å². The maximum atomic E-state index is 12.2. The molecule has 2 N–H and O–H groups in total. The van der Waals surface area contributed by atoms with E-state index < -0.39 is 18.8 Å². The van der Waals surface area contributed by atoms with Gasteiger partial charge in [-0.2, -0.15) is 13.2 Å². The van der Waals surface area contributed by atoms with E-state index in [0.717, 1.165) is 0 Å². The van der Waals surface area contributed by atoms with Gasteiger partial charge in [0.1, 0.15) is 0 Å². The van der Waals surface area contributed by atoms with Crippen molar-refractivity contribution >= 4 is 0 Å². The Kier molecular flexibility index (Phi) is 6.94. The number of hydrogen-bond donors (Lipinski definition) is 2. The Balaban J connectivity index is 4.12. The summed E-state index contributed by atoms with van der Waals surface area (Å²) >= 11 is 0. The number of likely N-dealkylation sites (N-methyl/N-ethyl adjacent to an activating group) is 1. The van der Waals surface area contributed by atoms with E-state index in [1.165, 1.54) is 4.90 Å². The molecule has 1 atom stereocenters. The second kappa shape index (κ2) is 7.09. The molecule has 0 aromatic heterocycles. The number of nitrogens with one attached hydrogen (secondary N) is 1. The lowest BCUT2D eigenvalue weighted by atomic mass is 10.2. The fourth-order valence-electron chi connectivity index (χ4n) is 1.33. The number of alkyl halides is 3. The van der Waals surface area contributed by atoms with Crippen LogP contribution >= 0.6 is 0 Å². The van der Waals surface area contributed by atoms with E-state index in [-0.39, 0.29) is 12.6 Å². The Morgan fingerprint density at radius 3 is 2.25 bits per heavy atom. The van der Waals surface area contributed by atoms with Crippen LogP contribution in [0.4, 0.5) is 13.2 Å². The third-order valence-electron chi connectivity index (χ3n) is 2.19. The van der Waals surface area contributed by atoms with E-state index in [1.54, 1.807) is 13.8 Å². The molecule has 0 heterocycles. The van der Waals surface area contributed by atoms with Gasteiger partial charge >= 0.3 is 6.18 Å². The molecule has 6 heteroatoms. The SMILES string of the molecule is CCNCC(O)CN(CC(F)(F)F)C(C)C. The van der Waals surface area contributed by atoms with Gasteiger partial charge in [0.25, 0.3) is 0 Å². The average molecular weight is 242 g/mol. The Morgan fingerprint density at radius 1 is 1.31 bits per heavy atom. The maximum absolute atomic E-state index is 12.2. The van der Waals surface area contributed by atoms with E-state index >= 15 is 0 Å². The highest BCUT2D eigenvalue weighted by atomic mass is 19.4. The molecule has 0 fully saturated rings. The fraction of sp³-hybridized carbons (Fsp3) is 1.00. The summed E-state index contributed by atoms with van der Waals surface area (Å²) in [5.74, 6) is 0. The van der Waals surface area contributed by atoms with Crippen molar-refractivity contribution in [3.8, 4) is 0 Å². The van der Waals surface area contributed by atoms with Gasteiger partial charge < -0.3 is 10.4 Å². The van der Waals surface area contributed by atoms with Gasteiger partial charge in [0.15, 0.2) is 0 Å². The molecule has 0 amide bonds. The van der Waals surface area contributed by atoms with Crippen LogP contribution in [0.3, 0.4) is 0 Å². The number of rotatable bonds is 7. The van der Waals surface area contributed by atoms with Gasteiger partial charge in [-0.05, 0) is 20.4 Å². The number of aliphatic hydroxyl groups is 1. The van der Waals surface area contributed by atoms with E-state index in [0.29, 0.717) is 13.1 Å². The molecule has 0 bridgehead atoms. The summed E-state index contributed by atoms with van der Waals surface area (Å²) in [5.41, 5.74) is 0. The molecule has 1 unspecified atom stereocenters. The highest BCUT2D eigenvalue weighted by Gasteiger charge is 2.32. The zero-order valence-corrected chi connectivity index (χ0v) is 10.0. The van der Waals surface area contributed by atoms with Crippen LogP contribution in [0, 0.1) is 0 Å². The van der Waals surface area contributed by atoms with Crippen LogP contribution in [-0.4, -0.2) is 54.5 Å². The van der Waals surface area contributed by atoms with Crippen molar-refractivity contribution in [2.75, 3.05) is 26.2 Å². The van der Waals surface area contributed by atoms with Crippen molar-refractivity contribution in [2.45, 2.75) is 39.1 Å². The van der Waals surface area contributed by atoms with Crippen LogP contribution in [0.1, 0.15) is 20.8 Å². The summed E-state index contributed by atoms with van der Waals surface area (Å²) in [4.78, 5) is 1.22. The molecule has 0 rings (SSSR count). The molecule has 0 aliphatic carbocycles. The predicted octanol–water partition coefficient (Wildman–Crippen LogP) is 1.23. The average Bonchev–Trinajstić information content (AvgIpc) is 2.11. The minimum absolute atomic E-state index is 0.0319. The van der Waals surface area contributed by atoms with Gasteiger partial charge in [-0.3, -0.25) is 4.90 Å². The highest BCUT2D eigenvalue weighted by molar-refractivity contribution is 4.72. The Hall–Kier alpha value is -0.330. The van der Waals surface area contributed by atoms with Crippen molar-refractivity contribution < 1.29 is 18.3 Å². The van der Waals surface area contributed by atoms with Crippen LogP contribution in [0.5, 0.6) is 0 Å².